The molecule has 1 aromatic heterocycles. The zero-order chi connectivity index (χ0) is 29.9. The summed E-state index contributed by atoms with van der Waals surface area (Å²) in [5.74, 6) is -1.37. The predicted octanol–water partition coefficient (Wildman–Crippen LogP) is 4.88. The zero-order valence-corrected chi connectivity index (χ0v) is 26.5. The second kappa shape index (κ2) is 21.3. The maximum absolute atomic E-state index is 12.7. The average Bonchev–Trinajstić information content (AvgIpc) is 3.00. The molecule has 0 saturated heterocycles. The first-order valence-corrected chi connectivity index (χ1v) is 13.9. The Morgan fingerprint density at radius 1 is 0.905 bits per heavy atom. The summed E-state index contributed by atoms with van der Waals surface area (Å²) in [4.78, 5) is 41.0. The van der Waals surface area contributed by atoms with E-state index in [1.807, 2.05) is 30.3 Å². The molecule has 9 nitrogen and oxygen atoms in total. The van der Waals surface area contributed by atoms with E-state index in [1.54, 1.807) is 38.4 Å². The molecule has 1 amide bonds. The Morgan fingerprint density at radius 2 is 1.52 bits per heavy atom. The van der Waals surface area contributed by atoms with Crippen LogP contribution >= 0.6 is 0 Å². The molecule has 0 aliphatic carbocycles. The number of carbonyl (C=O) groups excluding carboxylic acids is 3. The number of nitrogens with one attached hydrogen (secondary N) is 2. The van der Waals surface area contributed by atoms with Gasteiger partial charge in [0.2, 0.25) is 5.91 Å². The Bertz CT molecular complexity index is 1180. The number of hydrogen-bond donors (Lipinski definition) is 2. The van der Waals surface area contributed by atoms with Crippen LogP contribution in [0.4, 0.5) is 0 Å². The van der Waals surface area contributed by atoms with Crippen molar-refractivity contribution < 1.29 is 44.9 Å². The number of esters is 2. The van der Waals surface area contributed by atoms with Gasteiger partial charge in [0.25, 0.3) is 0 Å². The Labute approximate surface area is 263 Å². The number of benzene rings is 2. The van der Waals surface area contributed by atoms with E-state index >= 15 is 0 Å². The number of hydrogen-bond acceptors (Lipinski definition) is 7. The summed E-state index contributed by atoms with van der Waals surface area (Å²) in [6.45, 7) is 4.85. The molecule has 0 fully saturated rings. The van der Waals surface area contributed by atoms with Gasteiger partial charge in [-0.25, -0.2) is 0 Å². The molecule has 0 saturated carbocycles. The van der Waals surface area contributed by atoms with Crippen LogP contribution < -0.4 is 11.1 Å². The summed E-state index contributed by atoms with van der Waals surface area (Å²) in [5.41, 5.74) is 15.3. The van der Waals surface area contributed by atoms with Gasteiger partial charge in [-0.15, -0.1) is 6.54 Å². The number of amides is 1. The van der Waals surface area contributed by atoms with Gasteiger partial charge >= 0.3 is 11.9 Å². The van der Waals surface area contributed by atoms with E-state index in [9.17, 15) is 14.4 Å². The van der Waals surface area contributed by atoms with Crippen LogP contribution in [0.1, 0.15) is 44.2 Å². The largest absolute Gasteiger partial charge is 0.676 e. The molecular weight excluding hydrogens is 715 g/mol. The van der Waals surface area contributed by atoms with Gasteiger partial charge in [0.05, 0.1) is 18.9 Å². The fourth-order valence-corrected chi connectivity index (χ4v) is 3.98. The molecule has 0 bridgehead atoms. The zero-order valence-electron chi connectivity index (χ0n) is 24.2. The summed E-state index contributed by atoms with van der Waals surface area (Å²) in [6.07, 6.45) is 4.22. The van der Waals surface area contributed by atoms with E-state index in [1.165, 1.54) is 0 Å². The maximum atomic E-state index is 12.7. The first kappa shape index (κ1) is 36.6. The molecule has 0 radical (unpaired) electrons. The molecule has 230 valence electrons. The van der Waals surface area contributed by atoms with Crippen LogP contribution in [0, 0.1) is 5.92 Å². The van der Waals surface area contributed by atoms with Crippen LogP contribution in [0.15, 0.2) is 79.1 Å². The van der Waals surface area contributed by atoms with Crippen LogP contribution in [-0.2, 0) is 58.0 Å². The topological polar surface area (TPSA) is 144 Å². The number of nitrogens with zero attached hydrogens (tertiary/aromatic N) is 1. The number of rotatable bonds is 14. The first-order valence-electron chi connectivity index (χ1n) is 13.9. The number of ether oxygens (including phenoxy) is 2. The third-order valence-electron chi connectivity index (χ3n) is 6.09. The summed E-state index contributed by atoms with van der Waals surface area (Å²) in [7, 11) is 0. The van der Waals surface area contributed by atoms with E-state index < -0.39 is 5.97 Å². The molecule has 2 atom stereocenters. The second-order valence-electron chi connectivity index (χ2n) is 9.48. The molecule has 3 rings (SSSR count). The SMILES string of the molecule is CCOC(=O)C(C)C[C@@H](Cc1ccc(-c2ccccc2)cc1)NC(=O)CCC(=O)OCc1ccncc1.[NH-]CCN.[Pt]. The molecule has 3 aromatic rings. The fraction of sp³-hybridized carbons (Fsp3) is 0.375. The maximum Gasteiger partial charge on any atom is 0.308 e. The van der Waals surface area contributed by atoms with E-state index in [2.05, 4.69) is 34.6 Å². The van der Waals surface area contributed by atoms with Gasteiger partial charge in [0, 0.05) is 45.9 Å². The van der Waals surface area contributed by atoms with E-state index in [-0.39, 0.29) is 64.4 Å². The first-order chi connectivity index (χ1) is 19.9. The monoisotopic (exact) mass is 756 g/mol. The summed E-state index contributed by atoms with van der Waals surface area (Å²) < 4.78 is 10.4. The third-order valence-corrected chi connectivity index (χ3v) is 6.09. The second-order valence-corrected chi connectivity index (χ2v) is 9.48. The van der Waals surface area contributed by atoms with Crippen molar-refractivity contribution in [1.82, 2.24) is 10.3 Å². The molecule has 0 aliphatic heterocycles. The van der Waals surface area contributed by atoms with Crippen molar-refractivity contribution in [2.45, 2.75) is 52.2 Å². The summed E-state index contributed by atoms with van der Waals surface area (Å²) >= 11 is 0. The molecule has 1 unspecified atom stereocenters. The van der Waals surface area contributed by atoms with E-state index in [0.717, 1.165) is 22.3 Å². The summed E-state index contributed by atoms with van der Waals surface area (Å²) in [6, 6.07) is 21.5. The fourth-order valence-electron chi connectivity index (χ4n) is 3.98. The molecule has 0 aliphatic rings. The smallest absolute Gasteiger partial charge is 0.308 e. The Kier molecular flexibility index (Phi) is 18.6. The normalized spacial score (nSPS) is 11.5. The Hall–Kier alpha value is -3.39. The minimum absolute atomic E-state index is 0. The Morgan fingerprint density at radius 3 is 2.12 bits per heavy atom. The van der Waals surface area contributed by atoms with Crippen molar-refractivity contribution in [2.75, 3.05) is 19.7 Å². The third kappa shape index (κ3) is 14.5. The van der Waals surface area contributed by atoms with E-state index in [4.69, 9.17) is 20.9 Å². The van der Waals surface area contributed by atoms with Gasteiger partial charge in [0.15, 0.2) is 0 Å². The molecule has 0 spiro atoms. The number of nitrogens with two attached hydrogens (primary N) is 1. The summed E-state index contributed by atoms with van der Waals surface area (Å²) in [5, 5.41) is 3.01. The van der Waals surface area contributed by atoms with Crippen LogP contribution in [0.2, 0.25) is 0 Å². The van der Waals surface area contributed by atoms with Crippen LogP contribution in [0.5, 0.6) is 0 Å². The molecule has 1 heterocycles. The van der Waals surface area contributed by atoms with Gasteiger partial charge in [-0.2, -0.15) is 0 Å². The van der Waals surface area contributed by atoms with Crippen LogP contribution in [0.25, 0.3) is 16.9 Å². The van der Waals surface area contributed by atoms with Crippen LogP contribution in [0.3, 0.4) is 0 Å². The van der Waals surface area contributed by atoms with Crippen molar-refractivity contribution in [3.63, 3.8) is 0 Å². The van der Waals surface area contributed by atoms with Crippen molar-refractivity contribution in [2.24, 2.45) is 11.7 Å². The molecule has 42 heavy (non-hydrogen) atoms. The standard InChI is InChI=1S/C30H34N2O5.C2H7N2.Pt/c1-3-36-30(35)22(2)19-27(20-23-9-11-26(12-10-23)25-7-5-4-6-8-25)32-28(33)13-14-29(34)37-21-24-15-17-31-18-16-24;3-1-2-4;/h4-12,15-18,22,27H,3,13-14,19-21H2,1-2H3,(H,32,33);3H,1-2,4H2;/q;-1;/t22?,27-;;/m0../s1. The van der Waals surface area contributed by atoms with E-state index in [0.29, 0.717) is 32.5 Å². The Balaban J connectivity index is 0.00000165. The van der Waals surface area contributed by atoms with Crippen molar-refractivity contribution in [3.8, 4) is 11.1 Å². The van der Waals surface area contributed by atoms with Crippen molar-refractivity contribution in [3.05, 3.63) is 96.0 Å². The van der Waals surface area contributed by atoms with Crippen molar-refractivity contribution >= 4 is 17.8 Å². The van der Waals surface area contributed by atoms with Gasteiger partial charge in [-0.3, -0.25) is 19.4 Å². The number of aromatic nitrogens is 1. The minimum atomic E-state index is -0.445. The quantitative estimate of drug-likeness (QED) is 0.223. The molecule has 10 heteroatoms. The van der Waals surface area contributed by atoms with Gasteiger partial charge in [0.1, 0.15) is 6.61 Å². The predicted molar refractivity (Wildman–Crippen MR) is 159 cm³/mol. The number of pyridine rings is 1. The molecule has 2 aromatic carbocycles. The van der Waals surface area contributed by atoms with Gasteiger partial charge < -0.3 is 26.3 Å². The average molecular weight is 757 g/mol. The van der Waals surface area contributed by atoms with Crippen LogP contribution in [-0.4, -0.2) is 48.6 Å². The molecular formula is C32H41N4O5Pt-. The number of carbonyl (C=O) groups is 3. The molecule has 4 N–H and O–H groups in total. The van der Waals surface area contributed by atoms with Gasteiger partial charge in [-0.05, 0) is 60.7 Å². The minimum Gasteiger partial charge on any atom is -0.676 e. The van der Waals surface area contributed by atoms with Gasteiger partial charge in [-0.1, -0.05) is 61.5 Å². The van der Waals surface area contributed by atoms with Crippen molar-refractivity contribution in [1.29, 1.82) is 0 Å².